The summed E-state index contributed by atoms with van der Waals surface area (Å²) in [6, 6.07) is 6.22. The topological polar surface area (TPSA) is 84.5 Å². The van der Waals surface area contributed by atoms with Gasteiger partial charge in [-0.1, -0.05) is 37.3 Å². The molecule has 0 saturated heterocycles. The maximum Gasteiger partial charge on any atom is 0.306 e. The van der Waals surface area contributed by atoms with Crippen molar-refractivity contribution in [3.05, 3.63) is 34.9 Å². The Balaban J connectivity index is 1.61. The fourth-order valence-electron chi connectivity index (χ4n) is 2.68. The van der Waals surface area contributed by atoms with E-state index in [2.05, 4.69) is 10.9 Å². The average Bonchev–Trinajstić information content (AvgIpc) is 3.10. The van der Waals surface area contributed by atoms with Crippen LogP contribution in [-0.4, -0.2) is 24.4 Å². The second-order valence-corrected chi connectivity index (χ2v) is 6.30. The number of rotatable bonds is 6. The summed E-state index contributed by atoms with van der Waals surface area (Å²) in [6.45, 7) is -0.412. The number of hydrazine groups is 1. The molecule has 24 heavy (non-hydrogen) atoms. The van der Waals surface area contributed by atoms with E-state index in [4.69, 9.17) is 16.3 Å². The van der Waals surface area contributed by atoms with Crippen molar-refractivity contribution in [2.75, 3.05) is 6.61 Å². The van der Waals surface area contributed by atoms with Gasteiger partial charge in [-0.2, -0.15) is 0 Å². The Bertz CT molecular complexity index is 583. The molecule has 1 fully saturated rings. The minimum atomic E-state index is -0.591. The summed E-state index contributed by atoms with van der Waals surface area (Å²) in [5.41, 5.74) is 4.80. The molecule has 2 rings (SSSR count). The van der Waals surface area contributed by atoms with Gasteiger partial charge in [0.05, 0.1) is 0 Å². The van der Waals surface area contributed by atoms with Gasteiger partial charge in [0.15, 0.2) is 6.61 Å². The number of hydrogen-bond acceptors (Lipinski definition) is 4. The zero-order valence-electron chi connectivity index (χ0n) is 13.3. The van der Waals surface area contributed by atoms with Crippen LogP contribution in [0.4, 0.5) is 0 Å². The quantitative estimate of drug-likeness (QED) is 0.609. The van der Waals surface area contributed by atoms with E-state index < -0.39 is 18.4 Å². The highest BCUT2D eigenvalue weighted by Gasteiger charge is 2.17. The van der Waals surface area contributed by atoms with Crippen LogP contribution in [0.1, 0.15) is 48.9 Å². The summed E-state index contributed by atoms with van der Waals surface area (Å²) in [7, 11) is 0. The molecule has 6 nitrogen and oxygen atoms in total. The van der Waals surface area contributed by atoms with Crippen molar-refractivity contribution < 1.29 is 19.1 Å². The minimum absolute atomic E-state index is 0.328. The number of carbonyl (C=O) groups is 3. The molecule has 0 unspecified atom stereocenters. The van der Waals surface area contributed by atoms with E-state index in [1.807, 2.05) is 0 Å². The molecule has 1 saturated carbocycles. The first-order valence-corrected chi connectivity index (χ1v) is 8.43. The van der Waals surface area contributed by atoms with E-state index in [-0.39, 0.29) is 5.97 Å². The molecule has 2 N–H and O–H groups in total. The Morgan fingerprint density at radius 3 is 2.42 bits per heavy atom. The molecule has 0 aliphatic heterocycles. The van der Waals surface area contributed by atoms with E-state index in [0.29, 0.717) is 22.9 Å². The number of nitrogens with one attached hydrogen (secondary N) is 2. The molecule has 0 bridgehead atoms. The van der Waals surface area contributed by atoms with Gasteiger partial charge in [0.2, 0.25) is 0 Å². The van der Waals surface area contributed by atoms with Crippen molar-refractivity contribution in [2.45, 2.75) is 38.5 Å². The van der Waals surface area contributed by atoms with Gasteiger partial charge < -0.3 is 4.74 Å². The first-order valence-electron chi connectivity index (χ1n) is 8.05. The van der Waals surface area contributed by atoms with Crippen molar-refractivity contribution in [1.29, 1.82) is 0 Å². The zero-order chi connectivity index (χ0) is 17.4. The standard InChI is InChI=1S/C17H21ClN2O4/c18-14-8-6-13(7-9-14)17(23)20-19-15(21)11-24-16(22)10-5-12-3-1-2-4-12/h6-9,12H,1-5,10-11H2,(H,19,21)(H,20,23). The lowest BCUT2D eigenvalue weighted by Crippen LogP contribution is -2.43. The third-order valence-corrected chi connectivity index (χ3v) is 4.27. The molecule has 0 aromatic heterocycles. The summed E-state index contributed by atoms with van der Waals surface area (Å²) >= 11 is 5.73. The highest BCUT2D eigenvalue weighted by Crippen LogP contribution is 2.28. The van der Waals surface area contributed by atoms with Crippen molar-refractivity contribution in [3.8, 4) is 0 Å². The third-order valence-electron chi connectivity index (χ3n) is 4.02. The molecule has 7 heteroatoms. The summed E-state index contributed by atoms with van der Waals surface area (Å²) in [6.07, 6.45) is 5.95. The number of benzene rings is 1. The number of halogens is 1. The fourth-order valence-corrected chi connectivity index (χ4v) is 2.80. The molecular weight excluding hydrogens is 332 g/mol. The van der Waals surface area contributed by atoms with Crippen LogP contribution in [0.3, 0.4) is 0 Å². The maximum absolute atomic E-state index is 11.8. The second kappa shape index (κ2) is 9.27. The van der Waals surface area contributed by atoms with Crippen LogP contribution < -0.4 is 10.9 Å². The number of hydrogen-bond donors (Lipinski definition) is 2. The summed E-state index contributed by atoms with van der Waals surface area (Å²) in [5, 5.41) is 0.514. The van der Waals surface area contributed by atoms with E-state index in [1.165, 1.54) is 37.8 Å². The number of ether oxygens (including phenoxy) is 1. The predicted octanol–water partition coefficient (Wildman–Crippen LogP) is 2.61. The number of carbonyl (C=O) groups excluding carboxylic acids is 3. The SMILES string of the molecule is O=C(COC(=O)CCC1CCCC1)NNC(=O)c1ccc(Cl)cc1. The largest absolute Gasteiger partial charge is 0.455 e. The molecule has 0 heterocycles. The van der Waals surface area contributed by atoms with Crippen LogP contribution in [-0.2, 0) is 14.3 Å². The summed E-state index contributed by atoms with van der Waals surface area (Å²) < 4.78 is 4.90. The smallest absolute Gasteiger partial charge is 0.306 e. The van der Waals surface area contributed by atoms with Gasteiger partial charge in [-0.05, 0) is 36.6 Å². The lowest BCUT2D eigenvalue weighted by molar-refractivity contribution is -0.149. The molecular formula is C17H21ClN2O4. The van der Waals surface area contributed by atoms with Gasteiger partial charge in [0.25, 0.3) is 11.8 Å². The Morgan fingerprint density at radius 1 is 1.08 bits per heavy atom. The monoisotopic (exact) mass is 352 g/mol. The van der Waals surface area contributed by atoms with E-state index in [0.717, 1.165) is 6.42 Å². The van der Waals surface area contributed by atoms with Crippen LogP contribution in [0.2, 0.25) is 5.02 Å². The lowest BCUT2D eigenvalue weighted by Gasteiger charge is -2.10. The van der Waals surface area contributed by atoms with Crippen molar-refractivity contribution >= 4 is 29.4 Å². The Kier molecular flexibility index (Phi) is 7.06. The van der Waals surface area contributed by atoms with Crippen LogP contribution in [0.5, 0.6) is 0 Å². The highest BCUT2D eigenvalue weighted by molar-refractivity contribution is 6.30. The molecule has 1 aromatic carbocycles. The fraction of sp³-hybridized carbons (Fsp3) is 0.471. The Morgan fingerprint density at radius 2 is 1.75 bits per heavy atom. The van der Waals surface area contributed by atoms with Gasteiger partial charge in [-0.3, -0.25) is 25.2 Å². The van der Waals surface area contributed by atoms with Crippen LogP contribution in [0.25, 0.3) is 0 Å². The zero-order valence-corrected chi connectivity index (χ0v) is 14.1. The molecule has 1 aliphatic rings. The number of amides is 2. The maximum atomic E-state index is 11.8. The van der Waals surface area contributed by atoms with Gasteiger partial charge in [-0.25, -0.2) is 0 Å². The van der Waals surface area contributed by atoms with Crippen LogP contribution >= 0.6 is 11.6 Å². The predicted molar refractivity (Wildman–Crippen MR) is 89.2 cm³/mol. The van der Waals surface area contributed by atoms with E-state index >= 15 is 0 Å². The van der Waals surface area contributed by atoms with Crippen molar-refractivity contribution in [1.82, 2.24) is 10.9 Å². The van der Waals surface area contributed by atoms with Gasteiger partial charge in [0.1, 0.15) is 0 Å². The van der Waals surface area contributed by atoms with Crippen LogP contribution in [0.15, 0.2) is 24.3 Å². The third kappa shape index (κ3) is 6.20. The van der Waals surface area contributed by atoms with Gasteiger partial charge in [-0.15, -0.1) is 0 Å². The first-order chi connectivity index (χ1) is 11.5. The second-order valence-electron chi connectivity index (χ2n) is 5.86. The minimum Gasteiger partial charge on any atom is -0.455 e. The first kappa shape index (κ1) is 18.3. The van der Waals surface area contributed by atoms with Crippen molar-refractivity contribution in [3.63, 3.8) is 0 Å². The summed E-state index contributed by atoms with van der Waals surface area (Å²) in [4.78, 5) is 34.9. The van der Waals surface area contributed by atoms with Gasteiger partial charge in [0, 0.05) is 17.0 Å². The van der Waals surface area contributed by atoms with Gasteiger partial charge >= 0.3 is 5.97 Å². The molecule has 130 valence electrons. The molecule has 0 radical (unpaired) electrons. The molecule has 0 spiro atoms. The van der Waals surface area contributed by atoms with E-state index in [1.54, 1.807) is 12.1 Å². The average molecular weight is 353 g/mol. The molecule has 2 amide bonds. The normalized spacial score (nSPS) is 14.2. The Hall–Kier alpha value is -2.08. The Labute approximate surface area is 145 Å². The molecule has 1 aliphatic carbocycles. The molecule has 0 atom stereocenters. The highest BCUT2D eigenvalue weighted by atomic mass is 35.5. The number of esters is 1. The van der Waals surface area contributed by atoms with Crippen molar-refractivity contribution in [2.24, 2.45) is 5.92 Å². The van der Waals surface area contributed by atoms with Crippen LogP contribution in [0, 0.1) is 5.92 Å². The summed E-state index contributed by atoms with van der Waals surface area (Å²) in [5.74, 6) is -0.856. The van der Waals surface area contributed by atoms with E-state index in [9.17, 15) is 14.4 Å². The lowest BCUT2D eigenvalue weighted by atomic mass is 10.0. The molecule has 1 aromatic rings.